The highest BCUT2D eigenvalue weighted by Gasteiger charge is 2.40. The molecule has 0 spiro atoms. The van der Waals surface area contributed by atoms with Gasteiger partial charge in [0.25, 0.3) is 11.6 Å². The number of rotatable bonds is 5. The third kappa shape index (κ3) is 4.07. The van der Waals surface area contributed by atoms with E-state index in [2.05, 4.69) is 4.90 Å². The number of esters is 1. The maximum atomic E-state index is 12.1. The van der Waals surface area contributed by atoms with Gasteiger partial charge in [0, 0.05) is 44.0 Å². The van der Waals surface area contributed by atoms with Crippen LogP contribution in [0.3, 0.4) is 0 Å². The molecule has 2 atom stereocenters. The van der Waals surface area contributed by atoms with Crippen LogP contribution in [0.4, 0.5) is 11.4 Å². The van der Waals surface area contributed by atoms with Gasteiger partial charge in [-0.2, -0.15) is 0 Å². The van der Waals surface area contributed by atoms with E-state index < -0.39 is 4.92 Å². The molecule has 1 aliphatic carbocycles. The van der Waals surface area contributed by atoms with Crippen molar-refractivity contribution in [3.63, 3.8) is 0 Å². The van der Waals surface area contributed by atoms with Gasteiger partial charge in [0.2, 0.25) is 0 Å². The van der Waals surface area contributed by atoms with Crippen molar-refractivity contribution in [2.45, 2.75) is 13.3 Å². The number of piperazine rings is 1. The number of carbonyl (C=O) groups is 2. The normalized spacial score (nSPS) is 22.4. The van der Waals surface area contributed by atoms with Crippen molar-refractivity contribution in [3.05, 3.63) is 34.4 Å². The van der Waals surface area contributed by atoms with Gasteiger partial charge >= 0.3 is 5.97 Å². The van der Waals surface area contributed by atoms with E-state index >= 15 is 0 Å². The number of nitro benzene ring substituents is 1. The lowest BCUT2D eigenvalue weighted by Crippen LogP contribution is -2.50. The smallest absolute Gasteiger partial charge is 0.309 e. The van der Waals surface area contributed by atoms with Crippen molar-refractivity contribution < 1.29 is 19.2 Å². The molecule has 8 nitrogen and oxygen atoms in total. The number of ether oxygens (including phenoxy) is 1. The Balaban J connectivity index is 1.45. The molecule has 1 aromatic rings. The molecule has 3 rings (SSSR count). The Morgan fingerprint density at radius 2 is 1.80 bits per heavy atom. The van der Waals surface area contributed by atoms with Crippen LogP contribution in [0.5, 0.6) is 0 Å². The molecule has 0 bridgehead atoms. The first kappa shape index (κ1) is 17.2. The summed E-state index contributed by atoms with van der Waals surface area (Å²) >= 11 is 0. The van der Waals surface area contributed by atoms with E-state index in [0.717, 1.165) is 12.1 Å². The molecule has 25 heavy (non-hydrogen) atoms. The van der Waals surface area contributed by atoms with E-state index in [-0.39, 0.29) is 30.1 Å². The van der Waals surface area contributed by atoms with Crippen LogP contribution in [0, 0.1) is 22.0 Å². The SMILES string of the molecule is C[C@@H]1C[C@@H]1C(=O)OCC(=O)N1CCN(c2ccc([N+](=O)[O-])cc2)CC1. The zero-order valence-corrected chi connectivity index (χ0v) is 14.1. The zero-order chi connectivity index (χ0) is 18.0. The first-order chi connectivity index (χ1) is 12.0. The number of carbonyl (C=O) groups excluding carboxylic acids is 2. The fourth-order valence-corrected chi connectivity index (χ4v) is 2.98. The lowest BCUT2D eigenvalue weighted by molar-refractivity contribution is -0.384. The second-order valence-corrected chi connectivity index (χ2v) is 6.57. The second-order valence-electron chi connectivity index (χ2n) is 6.57. The summed E-state index contributed by atoms with van der Waals surface area (Å²) in [5.74, 6) is -0.116. The highest BCUT2D eigenvalue weighted by molar-refractivity contribution is 5.82. The minimum atomic E-state index is -0.427. The highest BCUT2D eigenvalue weighted by Crippen LogP contribution is 2.38. The Kier molecular flexibility index (Phi) is 4.87. The van der Waals surface area contributed by atoms with Gasteiger partial charge in [-0.3, -0.25) is 19.7 Å². The van der Waals surface area contributed by atoms with Crippen molar-refractivity contribution in [3.8, 4) is 0 Å². The third-order valence-electron chi connectivity index (χ3n) is 4.81. The predicted octanol–water partition coefficient (Wildman–Crippen LogP) is 1.44. The molecule has 1 aliphatic heterocycles. The molecule has 1 heterocycles. The predicted molar refractivity (Wildman–Crippen MR) is 90.1 cm³/mol. The fraction of sp³-hybridized carbons (Fsp3) is 0.529. The summed E-state index contributed by atoms with van der Waals surface area (Å²) in [6.45, 7) is 4.14. The number of amides is 1. The summed E-state index contributed by atoms with van der Waals surface area (Å²) in [6.07, 6.45) is 0.848. The summed E-state index contributed by atoms with van der Waals surface area (Å²) < 4.78 is 5.09. The van der Waals surface area contributed by atoms with Crippen LogP contribution in [-0.4, -0.2) is 54.5 Å². The fourth-order valence-electron chi connectivity index (χ4n) is 2.98. The topological polar surface area (TPSA) is 93.0 Å². The monoisotopic (exact) mass is 347 g/mol. The maximum absolute atomic E-state index is 12.1. The van der Waals surface area contributed by atoms with E-state index in [1.807, 2.05) is 6.92 Å². The second kappa shape index (κ2) is 7.08. The number of hydrogen-bond acceptors (Lipinski definition) is 6. The molecule has 1 saturated heterocycles. The average Bonchev–Trinajstić information content (AvgIpc) is 3.36. The number of non-ortho nitro benzene ring substituents is 1. The molecule has 1 saturated carbocycles. The van der Waals surface area contributed by atoms with Crippen LogP contribution in [0.15, 0.2) is 24.3 Å². The molecular formula is C17H21N3O5. The summed E-state index contributed by atoms with van der Waals surface area (Å²) in [7, 11) is 0. The van der Waals surface area contributed by atoms with Gasteiger partial charge in [-0.15, -0.1) is 0 Å². The Bertz CT molecular complexity index is 667. The summed E-state index contributed by atoms with van der Waals surface area (Å²) in [6, 6.07) is 6.39. The largest absolute Gasteiger partial charge is 0.455 e. The minimum Gasteiger partial charge on any atom is -0.455 e. The Morgan fingerprint density at radius 1 is 1.20 bits per heavy atom. The number of benzene rings is 1. The van der Waals surface area contributed by atoms with E-state index in [0.29, 0.717) is 32.1 Å². The molecule has 0 aromatic heterocycles. The highest BCUT2D eigenvalue weighted by atomic mass is 16.6. The molecule has 1 aromatic carbocycles. The van der Waals surface area contributed by atoms with E-state index in [4.69, 9.17) is 4.74 Å². The summed E-state index contributed by atoms with van der Waals surface area (Å²) in [5.41, 5.74) is 0.955. The van der Waals surface area contributed by atoms with Gasteiger partial charge in [0.15, 0.2) is 6.61 Å². The number of nitro groups is 1. The lowest BCUT2D eigenvalue weighted by Gasteiger charge is -2.36. The van der Waals surface area contributed by atoms with Crippen LogP contribution in [-0.2, 0) is 14.3 Å². The van der Waals surface area contributed by atoms with Crippen LogP contribution in [0.25, 0.3) is 0 Å². The summed E-state index contributed by atoms with van der Waals surface area (Å²) in [5, 5.41) is 10.7. The van der Waals surface area contributed by atoms with Crippen molar-refractivity contribution in [2.75, 3.05) is 37.7 Å². The van der Waals surface area contributed by atoms with Gasteiger partial charge in [-0.25, -0.2) is 0 Å². The van der Waals surface area contributed by atoms with Gasteiger partial charge in [0.1, 0.15) is 0 Å². The average molecular weight is 347 g/mol. The van der Waals surface area contributed by atoms with Crippen molar-refractivity contribution in [1.29, 1.82) is 0 Å². The molecule has 0 N–H and O–H groups in total. The van der Waals surface area contributed by atoms with E-state index in [9.17, 15) is 19.7 Å². The van der Waals surface area contributed by atoms with E-state index in [1.54, 1.807) is 17.0 Å². The Labute approximate surface area is 145 Å². The van der Waals surface area contributed by atoms with Gasteiger partial charge in [0.05, 0.1) is 10.8 Å². The van der Waals surface area contributed by atoms with Crippen molar-refractivity contribution in [2.24, 2.45) is 11.8 Å². The Morgan fingerprint density at radius 3 is 2.32 bits per heavy atom. The molecule has 0 radical (unpaired) electrons. The number of anilines is 1. The molecule has 0 unspecified atom stereocenters. The molecule has 1 amide bonds. The quantitative estimate of drug-likeness (QED) is 0.455. The molecule has 2 aliphatic rings. The van der Waals surface area contributed by atoms with Gasteiger partial charge in [-0.05, 0) is 24.5 Å². The standard InChI is InChI=1S/C17H21N3O5/c1-12-10-15(12)17(22)25-11-16(21)19-8-6-18(7-9-19)13-2-4-14(5-3-13)20(23)24/h2-5,12,15H,6-11H2,1H3/t12-,15+/m1/s1. The number of hydrogen-bond donors (Lipinski definition) is 0. The maximum Gasteiger partial charge on any atom is 0.309 e. The minimum absolute atomic E-state index is 0.0354. The van der Waals surface area contributed by atoms with Crippen molar-refractivity contribution >= 4 is 23.3 Å². The zero-order valence-electron chi connectivity index (χ0n) is 14.1. The summed E-state index contributed by atoms with van der Waals surface area (Å²) in [4.78, 5) is 37.8. The molecular weight excluding hydrogens is 326 g/mol. The first-order valence-electron chi connectivity index (χ1n) is 8.39. The number of nitrogens with zero attached hydrogens (tertiary/aromatic N) is 3. The van der Waals surface area contributed by atoms with Gasteiger partial charge < -0.3 is 14.5 Å². The first-order valence-corrected chi connectivity index (χ1v) is 8.39. The van der Waals surface area contributed by atoms with Crippen molar-refractivity contribution in [1.82, 2.24) is 4.90 Å². The van der Waals surface area contributed by atoms with Crippen LogP contribution in [0.2, 0.25) is 0 Å². The van der Waals surface area contributed by atoms with Crippen LogP contribution in [0.1, 0.15) is 13.3 Å². The van der Waals surface area contributed by atoms with Crippen LogP contribution >= 0.6 is 0 Å². The molecule has 134 valence electrons. The molecule has 8 heteroatoms. The molecule has 2 fully saturated rings. The van der Waals surface area contributed by atoms with E-state index in [1.165, 1.54) is 12.1 Å². The van der Waals surface area contributed by atoms with Gasteiger partial charge in [-0.1, -0.05) is 6.92 Å². The van der Waals surface area contributed by atoms with Crippen LogP contribution < -0.4 is 4.90 Å². The third-order valence-corrected chi connectivity index (χ3v) is 4.81. The Hall–Kier alpha value is -2.64. The lowest BCUT2D eigenvalue weighted by atomic mass is 10.2.